The van der Waals surface area contributed by atoms with Crippen LogP contribution in [-0.2, 0) is 9.59 Å². The molecule has 0 unspecified atom stereocenters. The van der Waals surface area contributed by atoms with Crippen LogP contribution in [0.4, 0.5) is 0 Å². The summed E-state index contributed by atoms with van der Waals surface area (Å²) in [5.74, 6) is -0.321. The third-order valence-electron chi connectivity index (χ3n) is 3.16. The van der Waals surface area contributed by atoms with Gasteiger partial charge >= 0.3 is 5.97 Å². The van der Waals surface area contributed by atoms with Crippen molar-refractivity contribution in [2.75, 3.05) is 13.2 Å². The summed E-state index contributed by atoms with van der Waals surface area (Å²) in [7, 11) is 0. The Kier molecular flexibility index (Phi) is 6.21. The molecule has 0 radical (unpaired) electrons. The van der Waals surface area contributed by atoms with E-state index < -0.39 is 5.97 Å². The first-order chi connectivity index (χ1) is 9.81. The second-order valence-corrected chi connectivity index (χ2v) is 5.52. The van der Waals surface area contributed by atoms with E-state index in [2.05, 4.69) is 13.8 Å². The summed E-state index contributed by atoms with van der Waals surface area (Å²) in [6.07, 6.45) is 0. The number of aliphatic carboxylic acids is 1. The number of rotatable bonds is 7. The lowest BCUT2D eigenvalue weighted by Gasteiger charge is -2.24. The van der Waals surface area contributed by atoms with Gasteiger partial charge in [-0.2, -0.15) is 0 Å². The number of hydrogen-bond acceptors (Lipinski definition) is 3. The molecule has 1 amide bonds. The molecule has 116 valence electrons. The molecule has 0 aliphatic rings. The summed E-state index contributed by atoms with van der Waals surface area (Å²) >= 11 is 0. The van der Waals surface area contributed by atoms with Crippen molar-refractivity contribution < 1.29 is 19.4 Å². The predicted octanol–water partition coefficient (Wildman–Crippen LogP) is 2.51. The molecule has 1 aromatic carbocycles. The minimum absolute atomic E-state index is 0.160. The van der Waals surface area contributed by atoms with Crippen LogP contribution in [0.15, 0.2) is 24.3 Å². The van der Waals surface area contributed by atoms with Crippen molar-refractivity contribution in [1.29, 1.82) is 0 Å². The SMILES string of the molecule is CC(C)c1ccc(OCC(=O)N(CC(=O)O)C(C)C)cc1. The Morgan fingerprint density at radius 2 is 1.71 bits per heavy atom. The minimum Gasteiger partial charge on any atom is -0.484 e. The highest BCUT2D eigenvalue weighted by Gasteiger charge is 2.20. The van der Waals surface area contributed by atoms with Crippen LogP contribution < -0.4 is 4.74 Å². The largest absolute Gasteiger partial charge is 0.484 e. The van der Waals surface area contributed by atoms with Gasteiger partial charge in [-0.3, -0.25) is 9.59 Å². The van der Waals surface area contributed by atoms with Gasteiger partial charge in [-0.05, 0) is 37.5 Å². The molecule has 0 saturated heterocycles. The fraction of sp³-hybridized carbons (Fsp3) is 0.500. The van der Waals surface area contributed by atoms with Gasteiger partial charge in [0.2, 0.25) is 0 Å². The summed E-state index contributed by atoms with van der Waals surface area (Å²) in [5.41, 5.74) is 1.20. The van der Waals surface area contributed by atoms with Gasteiger partial charge in [-0.25, -0.2) is 0 Å². The average Bonchev–Trinajstić information content (AvgIpc) is 2.42. The van der Waals surface area contributed by atoms with Gasteiger partial charge in [0, 0.05) is 6.04 Å². The molecule has 0 aliphatic heterocycles. The van der Waals surface area contributed by atoms with Gasteiger partial charge in [-0.1, -0.05) is 26.0 Å². The van der Waals surface area contributed by atoms with Gasteiger partial charge in [-0.15, -0.1) is 0 Å². The maximum Gasteiger partial charge on any atom is 0.323 e. The molecule has 0 aromatic heterocycles. The van der Waals surface area contributed by atoms with E-state index in [0.717, 1.165) is 0 Å². The Morgan fingerprint density at radius 1 is 1.14 bits per heavy atom. The first-order valence-corrected chi connectivity index (χ1v) is 7.05. The van der Waals surface area contributed by atoms with Gasteiger partial charge < -0.3 is 14.7 Å². The van der Waals surface area contributed by atoms with Crippen molar-refractivity contribution >= 4 is 11.9 Å². The number of benzene rings is 1. The third kappa shape index (κ3) is 5.45. The quantitative estimate of drug-likeness (QED) is 0.839. The van der Waals surface area contributed by atoms with E-state index in [9.17, 15) is 9.59 Å². The average molecular weight is 293 g/mol. The van der Waals surface area contributed by atoms with Crippen molar-refractivity contribution in [2.45, 2.75) is 39.7 Å². The fourth-order valence-electron chi connectivity index (χ4n) is 1.88. The number of amides is 1. The van der Waals surface area contributed by atoms with Gasteiger partial charge in [0.15, 0.2) is 6.61 Å². The van der Waals surface area contributed by atoms with Crippen LogP contribution in [0.25, 0.3) is 0 Å². The number of ether oxygens (including phenoxy) is 1. The maximum absolute atomic E-state index is 12.0. The summed E-state index contributed by atoms with van der Waals surface area (Å²) < 4.78 is 5.43. The number of carbonyl (C=O) groups excluding carboxylic acids is 1. The van der Waals surface area contributed by atoms with E-state index in [1.165, 1.54) is 10.5 Å². The second kappa shape index (κ2) is 7.67. The van der Waals surface area contributed by atoms with E-state index in [1.807, 2.05) is 24.3 Å². The molecule has 0 heterocycles. The molecule has 0 saturated carbocycles. The summed E-state index contributed by atoms with van der Waals surface area (Å²) in [5, 5.41) is 8.81. The molecule has 5 nitrogen and oxygen atoms in total. The normalized spacial score (nSPS) is 10.8. The third-order valence-corrected chi connectivity index (χ3v) is 3.16. The zero-order valence-electron chi connectivity index (χ0n) is 13.0. The Labute approximate surface area is 125 Å². The molecular formula is C16H23NO4. The van der Waals surface area contributed by atoms with Crippen molar-refractivity contribution in [3.8, 4) is 5.75 Å². The molecule has 5 heteroatoms. The van der Waals surface area contributed by atoms with Crippen molar-refractivity contribution in [1.82, 2.24) is 4.90 Å². The van der Waals surface area contributed by atoms with Crippen LogP contribution in [-0.4, -0.2) is 41.1 Å². The van der Waals surface area contributed by atoms with Crippen LogP contribution in [0.3, 0.4) is 0 Å². The molecule has 1 rings (SSSR count). The standard InChI is InChI=1S/C16H23NO4/c1-11(2)13-5-7-14(8-6-13)21-10-15(18)17(12(3)4)9-16(19)20/h5-8,11-12H,9-10H2,1-4H3,(H,19,20). The highest BCUT2D eigenvalue weighted by Crippen LogP contribution is 2.18. The zero-order valence-corrected chi connectivity index (χ0v) is 13.0. The smallest absolute Gasteiger partial charge is 0.323 e. The van der Waals surface area contributed by atoms with Crippen LogP contribution in [0.1, 0.15) is 39.2 Å². The van der Waals surface area contributed by atoms with E-state index in [0.29, 0.717) is 11.7 Å². The monoisotopic (exact) mass is 293 g/mol. The molecular weight excluding hydrogens is 270 g/mol. The van der Waals surface area contributed by atoms with E-state index in [-0.39, 0.29) is 25.1 Å². The van der Waals surface area contributed by atoms with Crippen molar-refractivity contribution in [3.05, 3.63) is 29.8 Å². The maximum atomic E-state index is 12.0. The lowest BCUT2D eigenvalue weighted by atomic mass is 10.0. The van der Waals surface area contributed by atoms with E-state index >= 15 is 0 Å². The highest BCUT2D eigenvalue weighted by molar-refractivity contribution is 5.82. The molecule has 0 bridgehead atoms. The Bertz CT molecular complexity index is 480. The Balaban J connectivity index is 2.60. The van der Waals surface area contributed by atoms with Crippen molar-refractivity contribution in [2.24, 2.45) is 0 Å². The fourth-order valence-corrected chi connectivity index (χ4v) is 1.88. The number of carboxylic acids is 1. The molecule has 1 aromatic rings. The first-order valence-electron chi connectivity index (χ1n) is 7.05. The number of carbonyl (C=O) groups is 2. The molecule has 1 N–H and O–H groups in total. The van der Waals surface area contributed by atoms with Gasteiger partial charge in [0.05, 0.1) is 0 Å². The summed E-state index contributed by atoms with van der Waals surface area (Å²) in [4.78, 5) is 24.0. The molecule has 0 fully saturated rings. The van der Waals surface area contributed by atoms with E-state index in [4.69, 9.17) is 9.84 Å². The van der Waals surface area contributed by atoms with Crippen molar-refractivity contribution in [3.63, 3.8) is 0 Å². The lowest BCUT2D eigenvalue weighted by Crippen LogP contribution is -2.43. The van der Waals surface area contributed by atoms with Crippen LogP contribution in [0.2, 0.25) is 0 Å². The molecule has 0 aliphatic carbocycles. The van der Waals surface area contributed by atoms with Crippen LogP contribution in [0.5, 0.6) is 5.75 Å². The van der Waals surface area contributed by atoms with Crippen LogP contribution in [0, 0.1) is 0 Å². The topological polar surface area (TPSA) is 66.8 Å². The van der Waals surface area contributed by atoms with E-state index in [1.54, 1.807) is 13.8 Å². The summed E-state index contributed by atoms with van der Waals surface area (Å²) in [6.45, 7) is 7.28. The van der Waals surface area contributed by atoms with Crippen LogP contribution >= 0.6 is 0 Å². The number of nitrogens with zero attached hydrogens (tertiary/aromatic N) is 1. The Hall–Kier alpha value is -2.04. The van der Waals surface area contributed by atoms with Gasteiger partial charge in [0.1, 0.15) is 12.3 Å². The molecule has 0 spiro atoms. The predicted molar refractivity (Wildman–Crippen MR) is 80.5 cm³/mol. The molecule has 21 heavy (non-hydrogen) atoms. The zero-order chi connectivity index (χ0) is 16.0. The minimum atomic E-state index is -1.03. The number of carboxylic acid groups (broad SMARTS) is 1. The Morgan fingerprint density at radius 3 is 2.14 bits per heavy atom. The lowest BCUT2D eigenvalue weighted by molar-refractivity contribution is -0.146. The molecule has 0 atom stereocenters. The van der Waals surface area contributed by atoms with Gasteiger partial charge in [0.25, 0.3) is 5.91 Å². The summed E-state index contributed by atoms with van der Waals surface area (Å²) in [6, 6.07) is 7.38. The number of hydrogen-bond donors (Lipinski definition) is 1. The first kappa shape index (κ1) is 17.0. The highest BCUT2D eigenvalue weighted by atomic mass is 16.5. The second-order valence-electron chi connectivity index (χ2n) is 5.52.